The number of allylic oxidation sites excluding steroid dienone is 6. The van der Waals surface area contributed by atoms with E-state index in [1.165, 1.54) is 12.2 Å². The SMILES string of the molecule is C\C=C(F)/C(CC(C)C)=C(F)\C=C\CC. The van der Waals surface area contributed by atoms with Crippen molar-refractivity contribution in [3.8, 4) is 0 Å². The van der Waals surface area contributed by atoms with Crippen molar-refractivity contribution in [2.45, 2.75) is 40.5 Å². The van der Waals surface area contributed by atoms with E-state index in [0.717, 1.165) is 6.42 Å². The van der Waals surface area contributed by atoms with Gasteiger partial charge in [0, 0.05) is 5.57 Å². The van der Waals surface area contributed by atoms with Gasteiger partial charge in [-0.15, -0.1) is 0 Å². The lowest BCUT2D eigenvalue weighted by Gasteiger charge is -2.08. The van der Waals surface area contributed by atoms with Crippen molar-refractivity contribution in [3.63, 3.8) is 0 Å². The maximum atomic E-state index is 13.6. The highest BCUT2D eigenvalue weighted by Gasteiger charge is 2.11. The Bertz CT molecular complexity index is 270. The third-order valence-corrected chi connectivity index (χ3v) is 1.94. The van der Waals surface area contributed by atoms with E-state index in [2.05, 4.69) is 0 Å². The average molecular weight is 214 g/mol. The van der Waals surface area contributed by atoms with Crippen LogP contribution in [0.5, 0.6) is 0 Å². The van der Waals surface area contributed by atoms with Crippen molar-refractivity contribution in [2.75, 3.05) is 0 Å². The molecule has 0 saturated heterocycles. The van der Waals surface area contributed by atoms with E-state index >= 15 is 0 Å². The predicted molar refractivity (Wildman–Crippen MR) is 61.9 cm³/mol. The molecule has 0 aliphatic rings. The molecule has 0 bridgehead atoms. The van der Waals surface area contributed by atoms with Crippen LogP contribution in [0.25, 0.3) is 0 Å². The number of hydrogen-bond acceptors (Lipinski definition) is 0. The summed E-state index contributed by atoms with van der Waals surface area (Å²) in [7, 11) is 0. The second kappa shape index (κ2) is 7.38. The smallest absolute Gasteiger partial charge is 0.128 e. The minimum absolute atomic E-state index is 0.178. The topological polar surface area (TPSA) is 0 Å². The first-order chi connectivity index (χ1) is 7.02. The van der Waals surface area contributed by atoms with E-state index in [1.54, 1.807) is 13.0 Å². The summed E-state index contributed by atoms with van der Waals surface area (Å²) >= 11 is 0. The third-order valence-electron chi connectivity index (χ3n) is 1.94. The molecule has 0 fully saturated rings. The summed E-state index contributed by atoms with van der Waals surface area (Å²) in [5.74, 6) is -0.672. The van der Waals surface area contributed by atoms with E-state index in [1.807, 2.05) is 20.8 Å². The van der Waals surface area contributed by atoms with Gasteiger partial charge in [0.2, 0.25) is 0 Å². The fourth-order valence-electron chi connectivity index (χ4n) is 1.21. The first kappa shape index (κ1) is 14.1. The van der Waals surface area contributed by atoms with E-state index < -0.39 is 11.7 Å². The molecule has 0 aromatic heterocycles. The van der Waals surface area contributed by atoms with Crippen LogP contribution in [-0.2, 0) is 0 Å². The average Bonchev–Trinajstić information content (AvgIpc) is 2.21. The molecule has 0 spiro atoms. The molecule has 0 saturated carbocycles. The predicted octanol–water partition coefficient (Wildman–Crippen LogP) is 5.10. The zero-order valence-electron chi connectivity index (χ0n) is 9.98. The summed E-state index contributed by atoms with van der Waals surface area (Å²) in [6.07, 6.45) is 5.52. The molecule has 0 radical (unpaired) electrons. The van der Waals surface area contributed by atoms with Gasteiger partial charge in [0.1, 0.15) is 11.7 Å². The van der Waals surface area contributed by atoms with E-state index in [9.17, 15) is 8.78 Å². The first-order valence-corrected chi connectivity index (χ1v) is 5.40. The van der Waals surface area contributed by atoms with Crippen LogP contribution >= 0.6 is 0 Å². The van der Waals surface area contributed by atoms with Crippen LogP contribution < -0.4 is 0 Å². The van der Waals surface area contributed by atoms with E-state index in [0.29, 0.717) is 6.42 Å². The highest BCUT2D eigenvalue weighted by Crippen LogP contribution is 2.25. The minimum atomic E-state index is -0.457. The number of halogens is 2. The van der Waals surface area contributed by atoms with Crippen molar-refractivity contribution >= 4 is 0 Å². The largest absolute Gasteiger partial charge is 0.207 e. The fourth-order valence-corrected chi connectivity index (χ4v) is 1.21. The van der Waals surface area contributed by atoms with Crippen molar-refractivity contribution < 1.29 is 8.78 Å². The van der Waals surface area contributed by atoms with Crippen LogP contribution in [-0.4, -0.2) is 0 Å². The van der Waals surface area contributed by atoms with Crippen molar-refractivity contribution in [3.05, 3.63) is 35.5 Å². The molecule has 0 aliphatic carbocycles. The Balaban J connectivity index is 4.97. The maximum Gasteiger partial charge on any atom is 0.128 e. The molecule has 0 aromatic rings. The Kier molecular flexibility index (Phi) is 6.93. The molecule has 0 heterocycles. The van der Waals surface area contributed by atoms with Gasteiger partial charge in [-0.25, -0.2) is 8.78 Å². The minimum Gasteiger partial charge on any atom is -0.207 e. The van der Waals surface area contributed by atoms with Crippen LogP contribution in [0.3, 0.4) is 0 Å². The molecule has 0 aliphatic heterocycles. The van der Waals surface area contributed by atoms with E-state index in [4.69, 9.17) is 0 Å². The number of rotatable bonds is 5. The zero-order valence-corrected chi connectivity index (χ0v) is 9.98. The quantitative estimate of drug-likeness (QED) is 0.559. The van der Waals surface area contributed by atoms with Gasteiger partial charge in [-0.05, 0) is 31.8 Å². The highest BCUT2D eigenvalue weighted by atomic mass is 19.1. The van der Waals surface area contributed by atoms with Gasteiger partial charge in [0.15, 0.2) is 0 Å². The van der Waals surface area contributed by atoms with Crippen molar-refractivity contribution in [2.24, 2.45) is 5.92 Å². The van der Waals surface area contributed by atoms with Gasteiger partial charge >= 0.3 is 0 Å². The lowest BCUT2D eigenvalue weighted by Crippen LogP contribution is -1.95. The summed E-state index contributed by atoms with van der Waals surface area (Å²) in [6, 6.07) is 0. The monoisotopic (exact) mass is 214 g/mol. The second-order valence-electron chi connectivity index (χ2n) is 3.87. The van der Waals surface area contributed by atoms with Crippen LogP contribution in [0.4, 0.5) is 8.78 Å². The Morgan fingerprint density at radius 2 is 1.87 bits per heavy atom. The molecule has 0 amide bonds. The number of hydrogen-bond donors (Lipinski definition) is 0. The third kappa shape index (κ3) is 5.50. The lowest BCUT2D eigenvalue weighted by molar-refractivity contribution is 0.554. The van der Waals surface area contributed by atoms with Gasteiger partial charge in [-0.2, -0.15) is 0 Å². The Hall–Kier alpha value is -0.920. The summed E-state index contributed by atoms with van der Waals surface area (Å²) in [6.45, 7) is 7.38. The molecule has 0 unspecified atom stereocenters. The zero-order chi connectivity index (χ0) is 11.8. The second-order valence-corrected chi connectivity index (χ2v) is 3.87. The molecular formula is C13H20F2. The standard InChI is InChI=1S/C13H20F2/c1-5-7-8-13(15)11(9-10(3)4)12(14)6-2/h6-8,10H,5,9H2,1-4H3/b8-7+,12-6+,13-11+. The van der Waals surface area contributed by atoms with Gasteiger partial charge in [-0.3, -0.25) is 0 Å². The van der Waals surface area contributed by atoms with Crippen LogP contribution in [0, 0.1) is 5.92 Å². The maximum absolute atomic E-state index is 13.6. The van der Waals surface area contributed by atoms with Gasteiger partial charge < -0.3 is 0 Å². The molecule has 0 rings (SSSR count). The lowest BCUT2D eigenvalue weighted by atomic mass is 10.0. The molecule has 0 atom stereocenters. The molecule has 2 heteroatoms. The molecule has 0 aromatic carbocycles. The summed E-state index contributed by atoms with van der Waals surface area (Å²) in [5, 5.41) is 0. The molecule has 0 N–H and O–H groups in total. The molecule has 0 nitrogen and oxygen atoms in total. The summed E-state index contributed by atoms with van der Waals surface area (Å²) < 4.78 is 26.9. The first-order valence-electron chi connectivity index (χ1n) is 5.40. The molecule has 86 valence electrons. The van der Waals surface area contributed by atoms with E-state index in [-0.39, 0.29) is 11.5 Å². The Labute approximate surface area is 91.4 Å². The van der Waals surface area contributed by atoms with Crippen LogP contribution in [0.1, 0.15) is 40.5 Å². The van der Waals surface area contributed by atoms with Gasteiger partial charge in [-0.1, -0.05) is 32.9 Å². The summed E-state index contributed by atoms with van der Waals surface area (Å²) in [5.41, 5.74) is 0.178. The van der Waals surface area contributed by atoms with Crippen LogP contribution in [0.15, 0.2) is 35.5 Å². The van der Waals surface area contributed by atoms with Gasteiger partial charge in [0.25, 0.3) is 0 Å². The van der Waals surface area contributed by atoms with Crippen molar-refractivity contribution in [1.29, 1.82) is 0 Å². The Morgan fingerprint density at radius 3 is 2.27 bits per heavy atom. The highest BCUT2D eigenvalue weighted by molar-refractivity contribution is 5.33. The normalized spacial score (nSPS) is 15.0. The molecular weight excluding hydrogens is 194 g/mol. The van der Waals surface area contributed by atoms with Crippen molar-refractivity contribution in [1.82, 2.24) is 0 Å². The van der Waals surface area contributed by atoms with Crippen LogP contribution in [0.2, 0.25) is 0 Å². The Morgan fingerprint density at radius 1 is 1.27 bits per heavy atom. The summed E-state index contributed by atoms with van der Waals surface area (Å²) in [4.78, 5) is 0. The fraction of sp³-hybridized carbons (Fsp3) is 0.538. The van der Waals surface area contributed by atoms with Gasteiger partial charge in [0.05, 0.1) is 0 Å². The molecule has 15 heavy (non-hydrogen) atoms.